The number of hydrogen-bond donors (Lipinski definition) is 1. The third-order valence-corrected chi connectivity index (χ3v) is 0.747. The van der Waals surface area contributed by atoms with Crippen LogP contribution in [0.2, 0.25) is 0 Å². The first-order chi connectivity index (χ1) is 5.74. The summed E-state index contributed by atoms with van der Waals surface area (Å²) in [6.45, 7) is 10.6. The Bertz CT molecular complexity index is 168. The van der Waals surface area contributed by atoms with Gasteiger partial charge in [0, 0.05) is 5.57 Å². The van der Waals surface area contributed by atoms with Gasteiger partial charge in [-0.05, 0) is 41.8 Å². The molecule has 1 N–H and O–H groups in total. The zero-order valence-electron chi connectivity index (χ0n) is 9.52. The second kappa shape index (κ2) is 6.66. The van der Waals surface area contributed by atoms with Gasteiger partial charge in [-0.1, -0.05) is 6.58 Å². The van der Waals surface area contributed by atoms with Gasteiger partial charge in [0.2, 0.25) is 0 Å². The fourth-order valence-electron chi connectivity index (χ4n) is 0.365. The van der Waals surface area contributed by atoms with Gasteiger partial charge in [0.15, 0.2) is 0 Å². The maximum absolute atomic E-state index is 10.8. The zero-order chi connectivity index (χ0) is 11.1. The van der Waals surface area contributed by atoms with Gasteiger partial charge >= 0.3 is 5.97 Å². The van der Waals surface area contributed by atoms with E-state index in [9.17, 15) is 4.79 Å². The van der Waals surface area contributed by atoms with Crippen LogP contribution in [0, 0.1) is 0 Å². The molecule has 3 nitrogen and oxygen atoms in total. The molecule has 13 heavy (non-hydrogen) atoms. The van der Waals surface area contributed by atoms with Crippen LogP contribution in [-0.4, -0.2) is 25.7 Å². The van der Waals surface area contributed by atoms with E-state index in [4.69, 9.17) is 4.74 Å². The van der Waals surface area contributed by atoms with Gasteiger partial charge in [0.05, 0.1) is 0 Å². The molecule has 0 fully saturated rings. The maximum atomic E-state index is 10.8. The molecule has 0 spiro atoms. The van der Waals surface area contributed by atoms with Crippen LogP contribution < -0.4 is 5.32 Å². The molecule has 0 aliphatic heterocycles. The third kappa shape index (κ3) is 14.1. The van der Waals surface area contributed by atoms with Crippen molar-refractivity contribution in [3.63, 3.8) is 0 Å². The molecule has 0 amide bonds. The smallest absolute Gasteiger partial charge is 0.333 e. The molecular formula is C10H21NO2. The molecule has 0 aromatic heterocycles. The molecule has 0 aromatic carbocycles. The normalized spacial score (nSPS) is 9.69. The summed E-state index contributed by atoms with van der Waals surface area (Å²) >= 11 is 0. The van der Waals surface area contributed by atoms with Crippen molar-refractivity contribution in [3.8, 4) is 0 Å². The minimum absolute atomic E-state index is 0.326. The van der Waals surface area contributed by atoms with Gasteiger partial charge in [-0.15, -0.1) is 0 Å². The van der Waals surface area contributed by atoms with Crippen molar-refractivity contribution in [2.75, 3.05) is 14.1 Å². The van der Waals surface area contributed by atoms with Crippen molar-refractivity contribution in [1.82, 2.24) is 5.32 Å². The van der Waals surface area contributed by atoms with Crippen LogP contribution in [0.25, 0.3) is 0 Å². The number of carbonyl (C=O) groups excluding carboxylic acids is 1. The SMILES string of the molecule is C=C(C)C(=O)OC(C)(C)C.CNC. The van der Waals surface area contributed by atoms with E-state index in [1.165, 1.54) is 0 Å². The number of nitrogens with one attached hydrogen (secondary N) is 1. The van der Waals surface area contributed by atoms with Gasteiger partial charge in [0.25, 0.3) is 0 Å². The second-order valence-electron chi connectivity index (χ2n) is 3.78. The van der Waals surface area contributed by atoms with E-state index in [1.807, 2.05) is 34.9 Å². The first-order valence-electron chi connectivity index (χ1n) is 4.22. The van der Waals surface area contributed by atoms with E-state index in [-0.39, 0.29) is 5.97 Å². The van der Waals surface area contributed by atoms with E-state index < -0.39 is 5.60 Å². The highest BCUT2D eigenvalue weighted by atomic mass is 16.6. The summed E-state index contributed by atoms with van der Waals surface area (Å²) < 4.78 is 4.96. The van der Waals surface area contributed by atoms with Crippen molar-refractivity contribution >= 4 is 5.97 Å². The average molecular weight is 187 g/mol. The largest absolute Gasteiger partial charge is 0.457 e. The molecule has 0 saturated carbocycles. The first-order valence-corrected chi connectivity index (χ1v) is 4.22. The summed E-state index contributed by atoms with van der Waals surface area (Å²) in [7, 11) is 3.75. The van der Waals surface area contributed by atoms with Gasteiger partial charge < -0.3 is 10.1 Å². The molecule has 0 saturated heterocycles. The lowest BCUT2D eigenvalue weighted by Gasteiger charge is -2.19. The van der Waals surface area contributed by atoms with Crippen LogP contribution in [0.5, 0.6) is 0 Å². The monoisotopic (exact) mass is 187 g/mol. The summed E-state index contributed by atoms with van der Waals surface area (Å²) in [5, 5.41) is 2.75. The molecule has 0 rings (SSSR count). The molecule has 0 aliphatic carbocycles. The topological polar surface area (TPSA) is 38.3 Å². The van der Waals surface area contributed by atoms with Gasteiger partial charge in [-0.25, -0.2) is 4.79 Å². The summed E-state index contributed by atoms with van der Waals surface area (Å²) in [6.07, 6.45) is 0. The average Bonchev–Trinajstić information content (AvgIpc) is 1.84. The third-order valence-electron chi connectivity index (χ3n) is 0.747. The van der Waals surface area contributed by atoms with E-state index in [1.54, 1.807) is 6.92 Å². The number of carbonyl (C=O) groups is 1. The molecule has 0 bridgehead atoms. The van der Waals surface area contributed by atoms with Crippen LogP contribution in [0.3, 0.4) is 0 Å². The highest BCUT2D eigenvalue weighted by Crippen LogP contribution is 2.09. The fourth-order valence-corrected chi connectivity index (χ4v) is 0.365. The summed E-state index contributed by atoms with van der Waals surface area (Å²) in [4.78, 5) is 10.8. The Labute approximate surface area is 81.2 Å². The number of esters is 1. The first kappa shape index (κ1) is 14.7. The van der Waals surface area contributed by atoms with Crippen LogP contribution in [0.4, 0.5) is 0 Å². The lowest BCUT2D eigenvalue weighted by molar-refractivity contribution is -0.149. The predicted octanol–water partition coefficient (Wildman–Crippen LogP) is 1.74. The van der Waals surface area contributed by atoms with Crippen LogP contribution in [0.15, 0.2) is 12.2 Å². The molecule has 0 radical (unpaired) electrons. The highest BCUT2D eigenvalue weighted by Gasteiger charge is 2.15. The quantitative estimate of drug-likeness (QED) is 0.502. The van der Waals surface area contributed by atoms with Gasteiger partial charge in [-0.2, -0.15) is 0 Å². The van der Waals surface area contributed by atoms with Crippen molar-refractivity contribution in [2.24, 2.45) is 0 Å². The molecule has 0 atom stereocenters. The van der Waals surface area contributed by atoms with Crippen LogP contribution >= 0.6 is 0 Å². The Kier molecular flexibility index (Phi) is 7.52. The lowest BCUT2D eigenvalue weighted by atomic mass is 10.2. The van der Waals surface area contributed by atoms with E-state index in [2.05, 4.69) is 11.9 Å². The van der Waals surface area contributed by atoms with Gasteiger partial charge in [-0.3, -0.25) is 0 Å². The zero-order valence-corrected chi connectivity index (χ0v) is 9.52. The molecular weight excluding hydrogens is 166 g/mol. The van der Waals surface area contributed by atoms with Crippen molar-refractivity contribution in [1.29, 1.82) is 0 Å². The maximum Gasteiger partial charge on any atom is 0.333 e. The van der Waals surface area contributed by atoms with Crippen LogP contribution in [-0.2, 0) is 9.53 Å². The Hall–Kier alpha value is -0.830. The van der Waals surface area contributed by atoms with E-state index in [0.717, 1.165) is 0 Å². The van der Waals surface area contributed by atoms with E-state index >= 15 is 0 Å². The molecule has 78 valence electrons. The minimum Gasteiger partial charge on any atom is -0.457 e. The van der Waals surface area contributed by atoms with Crippen molar-refractivity contribution in [3.05, 3.63) is 12.2 Å². The molecule has 0 unspecified atom stereocenters. The summed E-state index contributed by atoms with van der Waals surface area (Å²) in [6, 6.07) is 0. The Morgan fingerprint density at radius 1 is 1.31 bits per heavy atom. The molecule has 3 heteroatoms. The number of ether oxygens (including phenoxy) is 1. The summed E-state index contributed by atoms with van der Waals surface area (Å²) in [5.41, 5.74) is 0.0330. The number of rotatable bonds is 1. The lowest BCUT2D eigenvalue weighted by Crippen LogP contribution is -2.23. The van der Waals surface area contributed by atoms with Crippen LogP contribution in [0.1, 0.15) is 27.7 Å². The van der Waals surface area contributed by atoms with Gasteiger partial charge in [0.1, 0.15) is 5.60 Å². The van der Waals surface area contributed by atoms with Crippen molar-refractivity contribution < 1.29 is 9.53 Å². The van der Waals surface area contributed by atoms with Crippen molar-refractivity contribution in [2.45, 2.75) is 33.3 Å². The fraction of sp³-hybridized carbons (Fsp3) is 0.700. The Morgan fingerprint density at radius 3 is 1.69 bits per heavy atom. The predicted molar refractivity (Wildman–Crippen MR) is 55.6 cm³/mol. The Morgan fingerprint density at radius 2 is 1.62 bits per heavy atom. The molecule has 0 aromatic rings. The second-order valence-corrected chi connectivity index (χ2v) is 3.78. The number of hydrogen-bond acceptors (Lipinski definition) is 3. The molecule has 0 aliphatic rings. The highest BCUT2D eigenvalue weighted by molar-refractivity contribution is 5.87. The minimum atomic E-state index is -0.407. The molecule has 0 heterocycles. The Balaban J connectivity index is 0. The van der Waals surface area contributed by atoms with E-state index in [0.29, 0.717) is 5.57 Å². The standard InChI is InChI=1S/C8H14O2.C2H7N/c1-6(2)7(9)10-8(3,4)5;1-3-2/h1H2,2-5H3;3H,1-2H3. The summed E-state index contributed by atoms with van der Waals surface area (Å²) in [5.74, 6) is -0.326.